The fourth-order valence-corrected chi connectivity index (χ4v) is 6.33. The smallest absolute Gasteiger partial charge is 0.449 e. The van der Waals surface area contributed by atoms with Crippen LogP contribution in [-0.2, 0) is 8.23 Å². The molecule has 194 valence electrons. The van der Waals surface area contributed by atoms with E-state index in [4.69, 9.17) is 0 Å². The van der Waals surface area contributed by atoms with Crippen molar-refractivity contribution in [1.29, 1.82) is 0 Å². The summed E-state index contributed by atoms with van der Waals surface area (Å²) in [5.41, 5.74) is -3.06. The van der Waals surface area contributed by atoms with E-state index in [9.17, 15) is 74.6 Å². The summed E-state index contributed by atoms with van der Waals surface area (Å²) in [6, 6.07) is 0. The second-order valence-corrected chi connectivity index (χ2v) is 12.0. The highest BCUT2D eigenvalue weighted by molar-refractivity contribution is 6.42. The zero-order chi connectivity index (χ0) is 26.4. The molecule has 0 spiro atoms. The van der Waals surface area contributed by atoms with Gasteiger partial charge in [-0.25, -0.2) is 0 Å². The highest BCUT2D eigenvalue weighted by Crippen LogP contribution is 2.64. The van der Waals surface area contributed by atoms with Crippen LogP contribution in [0.25, 0.3) is 0 Å². The Labute approximate surface area is 174 Å². The van der Waals surface area contributed by atoms with E-state index in [0.29, 0.717) is 0 Å². The van der Waals surface area contributed by atoms with Gasteiger partial charge in [0.1, 0.15) is 10.5 Å². The SMILES string of the molecule is CC([SiH2]O[SiH2]O[SiH3])C(F)(F)C(F)(F)C(F)(F)C(F)(F)C(F)(F)C(F)(F)C(F)(F)C(F)(F)F. The molecule has 0 saturated carbocycles. The van der Waals surface area contributed by atoms with Gasteiger partial charge in [-0.05, 0) is 0 Å². The molecule has 0 bridgehead atoms. The quantitative estimate of drug-likeness (QED) is 0.216. The van der Waals surface area contributed by atoms with Crippen molar-refractivity contribution in [2.75, 3.05) is 0 Å². The first-order valence-electron chi connectivity index (χ1n) is 7.51. The van der Waals surface area contributed by atoms with E-state index < -0.39 is 72.9 Å². The van der Waals surface area contributed by atoms with E-state index in [-0.39, 0.29) is 17.4 Å². The molecular formula is C10H11F17O2Si3. The molecule has 0 amide bonds. The first kappa shape index (κ1) is 31.4. The Morgan fingerprint density at radius 3 is 1.19 bits per heavy atom. The molecule has 0 aromatic rings. The Balaban J connectivity index is 6.53. The van der Waals surface area contributed by atoms with Crippen LogP contribution < -0.4 is 0 Å². The molecule has 0 fully saturated rings. The number of alkyl halides is 17. The van der Waals surface area contributed by atoms with Crippen LogP contribution in [0.3, 0.4) is 0 Å². The Morgan fingerprint density at radius 1 is 0.562 bits per heavy atom. The van der Waals surface area contributed by atoms with Gasteiger partial charge in [-0.3, -0.25) is 0 Å². The zero-order valence-corrected chi connectivity index (χ0v) is 20.1. The van der Waals surface area contributed by atoms with Crippen molar-refractivity contribution in [2.24, 2.45) is 0 Å². The fraction of sp³-hybridized carbons (Fsp3) is 1.00. The van der Waals surface area contributed by atoms with E-state index in [0.717, 1.165) is 0 Å². The van der Waals surface area contributed by atoms with Crippen LogP contribution in [-0.4, -0.2) is 77.9 Å². The predicted octanol–water partition coefficient (Wildman–Crippen LogP) is 3.20. The summed E-state index contributed by atoms with van der Waals surface area (Å²) < 4.78 is 232. The molecular weight excluding hydrogens is 559 g/mol. The van der Waals surface area contributed by atoms with Crippen LogP contribution in [0, 0.1) is 0 Å². The molecule has 0 aromatic carbocycles. The molecule has 0 aliphatic heterocycles. The van der Waals surface area contributed by atoms with Gasteiger partial charge >= 0.3 is 47.6 Å². The third-order valence-electron chi connectivity index (χ3n) is 3.93. The van der Waals surface area contributed by atoms with E-state index in [2.05, 4.69) is 8.23 Å². The Kier molecular flexibility index (Phi) is 8.70. The molecule has 1 unspecified atom stereocenters. The average molecular weight is 570 g/mol. The van der Waals surface area contributed by atoms with Crippen LogP contribution in [0.15, 0.2) is 0 Å². The number of halogens is 17. The van der Waals surface area contributed by atoms with Crippen molar-refractivity contribution in [1.82, 2.24) is 0 Å². The molecule has 32 heavy (non-hydrogen) atoms. The maximum Gasteiger partial charge on any atom is 0.460 e. The molecule has 0 rings (SSSR count). The molecule has 0 aliphatic rings. The minimum absolute atomic E-state index is 0.0143. The topological polar surface area (TPSA) is 18.5 Å². The van der Waals surface area contributed by atoms with Crippen molar-refractivity contribution in [3.63, 3.8) is 0 Å². The van der Waals surface area contributed by atoms with Crippen molar-refractivity contribution in [3.05, 3.63) is 0 Å². The Morgan fingerprint density at radius 2 is 0.875 bits per heavy atom. The van der Waals surface area contributed by atoms with Crippen LogP contribution >= 0.6 is 0 Å². The summed E-state index contributed by atoms with van der Waals surface area (Å²) in [6.07, 6.45) is -7.76. The van der Waals surface area contributed by atoms with Crippen molar-refractivity contribution in [3.8, 4) is 0 Å². The molecule has 0 N–H and O–H groups in total. The van der Waals surface area contributed by atoms with Crippen LogP contribution in [0.2, 0.25) is 5.54 Å². The van der Waals surface area contributed by atoms with Gasteiger partial charge in [-0.1, -0.05) is 6.92 Å². The third kappa shape index (κ3) is 4.39. The minimum Gasteiger partial charge on any atom is -0.449 e. The van der Waals surface area contributed by atoms with E-state index in [1.54, 1.807) is 0 Å². The summed E-state index contributed by atoms with van der Waals surface area (Å²) in [7, 11) is -5.11. The summed E-state index contributed by atoms with van der Waals surface area (Å²) in [5, 5.41) is 0. The van der Waals surface area contributed by atoms with Gasteiger partial charge in [0.25, 0.3) is 10.0 Å². The second-order valence-electron chi connectivity index (χ2n) is 6.25. The van der Waals surface area contributed by atoms with E-state index in [1.165, 1.54) is 0 Å². The van der Waals surface area contributed by atoms with Crippen molar-refractivity contribution < 1.29 is 82.9 Å². The van der Waals surface area contributed by atoms with Gasteiger partial charge in [0, 0.05) is 5.54 Å². The maximum atomic E-state index is 13.8. The minimum atomic E-state index is -8.60. The molecule has 0 aromatic heterocycles. The summed E-state index contributed by atoms with van der Waals surface area (Å²) in [6.45, 7) is 0.0143. The fourth-order valence-electron chi connectivity index (χ4n) is 1.90. The maximum absolute atomic E-state index is 13.8. The normalized spacial score (nSPS) is 17.8. The molecule has 22 heteroatoms. The second kappa shape index (κ2) is 8.87. The number of hydrogen-bond acceptors (Lipinski definition) is 2. The summed E-state index contributed by atoms with van der Waals surface area (Å²) in [4.78, 5) is 0. The molecule has 0 aliphatic carbocycles. The van der Waals surface area contributed by atoms with Crippen LogP contribution in [0.4, 0.5) is 74.6 Å². The van der Waals surface area contributed by atoms with Gasteiger partial charge in [-0.15, -0.1) is 0 Å². The van der Waals surface area contributed by atoms with E-state index >= 15 is 0 Å². The number of hydrogen-bond donors (Lipinski definition) is 0. The lowest BCUT2D eigenvalue weighted by Crippen LogP contribution is -2.74. The lowest BCUT2D eigenvalue weighted by molar-refractivity contribution is -0.461. The van der Waals surface area contributed by atoms with Crippen LogP contribution in [0.5, 0.6) is 0 Å². The van der Waals surface area contributed by atoms with Gasteiger partial charge in [0.05, 0.1) is 0 Å². The van der Waals surface area contributed by atoms with Crippen molar-refractivity contribution >= 4 is 30.3 Å². The standard InChI is InChI=1S/C10H11F17O2Si3/c1-2(31-29-32-28-30)3(11,12)4(13,14)5(15,16)6(17,18)7(19,20)8(21,22)9(23,24)10(25,26)27/h2H,31-32H2,1,30H3. The third-order valence-corrected chi connectivity index (χ3v) is 7.50. The number of rotatable bonds is 11. The molecule has 1 atom stereocenters. The monoisotopic (exact) mass is 570 g/mol. The molecule has 2 nitrogen and oxygen atoms in total. The average Bonchev–Trinajstić information content (AvgIpc) is 2.59. The lowest BCUT2D eigenvalue weighted by atomic mass is 9.88. The molecule has 0 saturated heterocycles. The highest BCUT2D eigenvalue weighted by Gasteiger charge is 2.95. The Bertz CT molecular complexity index is 649. The van der Waals surface area contributed by atoms with Crippen molar-refractivity contribution in [2.45, 2.75) is 60.1 Å². The molecule has 0 heterocycles. The molecule has 0 radical (unpaired) electrons. The lowest BCUT2D eigenvalue weighted by Gasteiger charge is -2.43. The van der Waals surface area contributed by atoms with Gasteiger partial charge in [0.2, 0.25) is 0 Å². The highest BCUT2D eigenvalue weighted by atomic mass is 28.3. The summed E-state index contributed by atoms with van der Waals surface area (Å²) >= 11 is 0. The first-order valence-corrected chi connectivity index (χ1v) is 10.9. The summed E-state index contributed by atoms with van der Waals surface area (Å²) in [5.74, 6) is -56.1. The zero-order valence-electron chi connectivity index (χ0n) is 15.2. The van der Waals surface area contributed by atoms with Gasteiger partial charge in [-0.2, -0.15) is 74.6 Å². The van der Waals surface area contributed by atoms with Gasteiger partial charge < -0.3 is 8.23 Å². The first-order chi connectivity index (χ1) is 13.7. The van der Waals surface area contributed by atoms with E-state index in [1.807, 2.05) is 0 Å². The Hall–Kier alpha value is -0.619. The predicted molar refractivity (Wildman–Crippen MR) is 79.3 cm³/mol. The van der Waals surface area contributed by atoms with Crippen LogP contribution in [0.1, 0.15) is 6.92 Å². The van der Waals surface area contributed by atoms with Gasteiger partial charge in [0.15, 0.2) is 9.76 Å². The largest absolute Gasteiger partial charge is 0.460 e.